The summed E-state index contributed by atoms with van der Waals surface area (Å²) >= 11 is 0. The van der Waals surface area contributed by atoms with Crippen molar-refractivity contribution in [3.05, 3.63) is 0 Å². The highest BCUT2D eigenvalue weighted by atomic mass is 32.2. The lowest BCUT2D eigenvalue weighted by Gasteiger charge is -2.22. The van der Waals surface area contributed by atoms with Gasteiger partial charge in [-0.1, -0.05) is 6.92 Å². The van der Waals surface area contributed by atoms with E-state index in [1.54, 1.807) is 14.0 Å². The second kappa shape index (κ2) is 5.28. The normalized spacial score (nSPS) is 14.3. The van der Waals surface area contributed by atoms with Crippen LogP contribution in [0.1, 0.15) is 13.3 Å². The monoisotopic (exact) mass is 224 g/mol. The Morgan fingerprint density at radius 1 is 1.57 bits per heavy atom. The fourth-order valence-electron chi connectivity index (χ4n) is 1.10. The first-order valence-electron chi connectivity index (χ1n) is 4.21. The van der Waals surface area contributed by atoms with Gasteiger partial charge in [-0.15, -0.1) is 0 Å². The molecule has 0 aliphatic rings. The Balaban J connectivity index is 4.19. The van der Waals surface area contributed by atoms with Crippen LogP contribution in [0.5, 0.6) is 0 Å². The van der Waals surface area contributed by atoms with Crippen molar-refractivity contribution in [3.63, 3.8) is 0 Å². The van der Waals surface area contributed by atoms with Gasteiger partial charge in [-0.25, -0.2) is 13.6 Å². The molecule has 0 amide bonds. The second-order valence-electron chi connectivity index (χ2n) is 3.11. The van der Waals surface area contributed by atoms with Crippen molar-refractivity contribution in [1.29, 1.82) is 0 Å². The molecule has 0 aliphatic heterocycles. The van der Waals surface area contributed by atoms with E-state index in [0.29, 0.717) is 6.42 Å². The van der Waals surface area contributed by atoms with Gasteiger partial charge >= 0.3 is 5.97 Å². The highest BCUT2D eigenvalue weighted by Crippen LogP contribution is 2.01. The maximum atomic E-state index is 10.7. The van der Waals surface area contributed by atoms with Gasteiger partial charge in [0.2, 0.25) is 10.0 Å². The zero-order chi connectivity index (χ0) is 11.4. The number of rotatable bonds is 6. The highest BCUT2D eigenvalue weighted by Gasteiger charge is 2.20. The highest BCUT2D eigenvalue weighted by molar-refractivity contribution is 7.89. The number of carboxylic acid groups (broad SMARTS) is 1. The number of nitrogens with two attached hydrogens (primary N) is 1. The zero-order valence-corrected chi connectivity index (χ0v) is 9.12. The average Bonchev–Trinajstić information content (AvgIpc) is 2.00. The van der Waals surface area contributed by atoms with Crippen molar-refractivity contribution in [1.82, 2.24) is 4.90 Å². The molecular formula is C7H16N2O4S. The topological polar surface area (TPSA) is 101 Å². The Bertz CT molecular complexity index is 288. The standard InChI is InChI=1S/C7H16N2O4S/c1-3-6(7(10)11)9(2)4-5-14(8,12)13/h6H,3-5H2,1-2H3,(H,10,11)(H2,8,12,13). The summed E-state index contributed by atoms with van der Waals surface area (Å²) in [6.07, 6.45) is 0.427. The third-order valence-corrected chi connectivity index (χ3v) is 2.68. The van der Waals surface area contributed by atoms with Crippen molar-refractivity contribution < 1.29 is 18.3 Å². The summed E-state index contributed by atoms with van der Waals surface area (Å²) in [6.45, 7) is 1.86. The molecule has 0 saturated heterocycles. The molecule has 3 N–H and O–H groups in total. The van der Waals surface area contributed by atoms with E-state index in [0.717, 1.165) is 0 Å². The molecular weight excluding hydrogens is 208 g/mol. The minimum atomic E-state index is -3.52. The van der Waals surface area contributed by atoms with Gasteiger partial charge in [0.15, 0.2) is 0 Å². The van der Waals surface area contributed by atoms with Crippen LogP contribution in [0, 0.1) is 0 Å². The van der Waals surface area contributed by atoms with Gasteiger partial charge in [0.05, 0.1) is 5.75 Å². The van der Waals surface area contributed by atoms with Crippen LogP contribution in [0.2, 0.25) is 0 Å². The Morgan fingerprint density at radius 2 is 2.07 bits per heavy atom. The molecule has 0 bridgehead atoms. The quantitative estimate of drug-likeness (QED) is 0.607. The van der Waals surface area contributed by atoms with Gasteiger partial charge in [0, 0.05) is 6.54 Å². The van der Waals surface area contributed by atoms with Gasteiger partial charge in [-0.05, 0) is 13.5 Å². The summed E-state index contributed by atoms with van der Waals surface area (Å²) in [7, 11) is -1.96. The molecule has 7 heteroatoms. The van der Waals surface area contributed by atoms with Gasteiger partial charge < -0.3 is 5.11 Å². The van der Waals surface area contributed by atoms with E-state index in [1.165, 1.54) is 4.90 Å². The molecule has 0 fully saturated rings. The number of carbonyl (C=O) groups is 1. The van der Waals surface area contributed by atoms with E-state index in [1.807, 2.05) is 0 Å². The number of aliphatic carboxylic acids is 1. The lowest BCUT2D eigenvalue weighted by molar-refractivity contribution is -0.142. The summed E-state index contributed by atoms with van der Waals surface area (Å²) < 4.78 is 21.2. The maximum absolute atomic E-state index is 10.7. The molecule has 0 heterocycles. The third-order valence-electron chi connectivity index (χ3n) is 1.93. The van der Waals surface area contributed by atoms with Crippen LogP contribution >= 0.6 is 0 Å². The molecule has 0 radical (unpaired) electrons. The zero-order valence-electron chi connectivity index (χ0n) is 8.30. The SMILES string of the molecule is CCC(C(=O)O)N(C)CCS(N)(=O)=O. The average molecular weight is 224 g/mol. The third kappa shape index (κ3) is 5.15. The lowest BCUT2D eigenvalue weighted by Crippen LogP contribution is -2.41. The first kappa shape index (κ1) is 13.3. The molecule has 0 aromatic heterocycles. The first-order chi connectivity index (χ1) is 6.28. The van der Waals surface area contributed by atoms with Crippen molar-refractivity contribution >= 4 is 16.0 Å². The van der Waals surface area contributed by atoms with Crippen LogP contribution in [0.3, 0.4) is 0 Å². The molecule has 0 aromatic rings. The molecule has 1 unspecified atom stereocenters. The van der Waals surface area contributed by atoms with Crippen molar-refractivity contribution in [3.8, 4) is 0 Å². The van der Waals surface area contributed by atoms with Crippen LogP contribution in [0.4, 0.5) is 0 Å². The molecule has 0 aromatic carbocycles. The summed E-state index contributed by atoms with van der Waals surface area (Å²) in [5.41, 5.74) is 0. The fourth-order valence-corrected chi connectivity index (χ4v) is 1.64. The van der Waals surface area contributed by atoms with Crippen molar-refractivity contribution in [2.45, 2.75) is 19.4 Å². The van der Waals surface area contributed by atoms with E-state index < -0.39 is 22.0 Å². The summed E-state index contributed by atoms with van der Waals surface area (Å²) in [5.74, 6) is -1.18. The Labute approximate surface area is 83.7 Å². The lowest BCUT2D eigenvalue weighted by atomic mass is 10.2. The van der Waals surface area contributed by atoms with E-state index in [2.05, 4.69) is 0 Å². The van der Waals surface area contributed by atoms with Crippen molar-refractivity contribution in [2.75, 3.05) is 19.3 Å². The van der Waals surface area contributed by atoms with Crippen LogP contribution < -0.4 is 5.14 Å². The summed E-state index contributed by atoms with van der Waals surface area (Å²) in [4.78, 5) is 12.1. The number of sulfonamides is 1. The van der Waals surface area contributed by atoms with Gasteiger partial charge in [0.1, 0.15) is 6.04 Å². The molecule has 14 heavy (non-hydrogen) atoms. The predicted octanol–water partition coefficient (Wildman–Crippen LogP) is -0.930. The molecule has 0 aliphatic carbocycles. The van der Waals surface area contributed by atoms with Gasteiger partial charge in [0.25, 0.3) is 0 Å². The Morgan fingerprint density at radius 3 is 2.36 bits per heavy atom. The largest absolute Gasteiger partial charge is 0.480 e. The molecule has 0 spiro atoms. The minimum absolute atomic E-state index is 0.129. The van der Waals surface area contributed by atoms with Gasteiger partial charge in [-0.2, -0.15) is 0 Å². The fraction of sp³-hybridized carbons (Fsp3) is 0.857. The maximum Gasteiger partial charge on any atom is 0.320 e. The predicted molar refractivity (Wildman–Crippen MR) is 52.3 cm³/mol. The van der Waals surface area contributed by atoms with Crippen LogP contribution in [0.25, 0.3) is 0 Å². The van der Waals surface area contributed by atoms with Crippen LogP contribution in [0.15, 0.2) is 0 Å². The molecule has 0 saturated carbocycles. The number of likely N-dealkylation sites (N-methyl/N-ethyl adjacent to an activating group) is 1. The molecule has 0 rings (SSSR count). The summed E-state index contributed by atoms with van der Waals surface area (Å²) in [5, 5.41) is 13.6. The smallest absolute Gasteiger partial charge is 0.320 e. The van der Waals surface area contributed by atoms with Crippen molar-refractivity contribution in [2.24, 2.45) is 5.14 Å². The van der Waals surface area contributed by atoms with Gasteiger partial charge in [-0.3, -0.25) is 9.69 Å². The molecule has 6 nitrogen and oxygen atoms in total. The van der Waals surface area contributed by atoms with Crippen LogP contribution in [-0.2, 0) is 14.8 Å². The summed E-state index contributed by atoms with van der Waals surface area (Å²) in [6, 6.07) is -0.656. The number of hydrogen-bond acceptors (Lipinski definition) is 4. The Kier molecular flexibility index (Phi) is 5.03. The number of hydrogen-bond donors (Lipinski definition) is 2. The second-order valence-corrected chi connectivity index (χ2v) is 4.84. The van der Waals surface area contributed by atoms with E-state index >= 15 is 0 Å². The van der Waals surface area contributed by atoms with Crippen LogP contribution in [-0.4, -0.2) is 49.8 Å². The molecule has 1 atom stereocenters. The number of carboxylic acids is 1. The molecule has 84 valence electrons. The first-order valence-corrected chi connectivity index (χ1v) is 5.93. The van der Waals surface area contributed by atoms with E-state index in [-0.39, 0.29) is 12.3 Å². The Hall–Kier alpha value is -0.660. The number of nitrogens with zero attached hydrogens (tertiary/aromatic N) is 1. The van der Waals surface area contributed by atoms with E-state index in [9.17, 15) is 13.2 Å². The minimum Gasteiger partial charge on any atom is -0.480 e. The number of primary sulfonamides is 1. The van der Waals surface area contributed by atoms with E-state index in [4.69, 9.17) is 10.2 Å².